The summed E-state index contributed by atoms with van der Waals surface area (Å²) in [7, 11) is 0.185. The molecule has 0 aliphatic carbocycles. The molecule has 0 saturated heterocycles. The highest BCUT2D eigenvalue weighted by Crippen LogP contribution is 2.27. The maximum absolute atomic E-state index is 12.5. The molecule has 5 heteroatoms. The average molecular weight is 400 g/mol. The molecule has 0 N–H and O–H groups in total. The van der Waals surface area contributed by atoms with Crippen molar-refractivity contribution in [2.75, 3.05) is 7.11 Å². The molecule has 0 aliphatic heterocycles. The van der Waals surface area contributed by atoms with Gasteiger partial charge in [-0.25, -0.2) is 4.21 Å². The van der Waals surface area contributed by atoms with Gasteiger partial charge in [-0.15, -0.1) is 11.8 Å². The van der Waals surface area contributed by atoms with E-state index in [0.29, 0.717) is 12.3 Å². The predicted octanol–water partition coefficient (Wildman–Crippen LogP) is 5.10. The lowest BCUT2D eigenvalue weighted by molar-refractivity contribution is 0.393. The zero-order valence-corrected chi connectivity index (χ0v) is 17.8. The maximum atomic E-state index is 12.5. The number of hydrogen-bond acceptors (Lipinski definition) is 3. The van der Waals surface area contributed by atoms with Crippen LogP contribution in [0.1, 0.15) is 32.8 Å². The lowest BCUT2D eigenvalue weighted by Crippen LogP contribution is -2.25. The van der Waals surface area contributed by atoms with Gasteiger partial charge in [-0.3, -0.25) is 0 Å². The van der Waals surface area contributed by atoms with E-state index in [2.05, 4.69) is 16.2 Å². The van der Waals surface area contributed by atoms with Crippen LogP contribution in [-0.2, 0) is 15.7 Å². The zero-order chi connectivity index (χ0) is 19.7. The topological polar surface area (TPSA) is 38.7 Å². The number of thioether (sulfide) groups is 1. The summed E-state index contributed by atoms with van der Waals surface area (Å²) in [6, 6.07) is 19.9. The van der Waals surface area contributed by atoms with Gasteiger partial charge in [0, 0.05) is 16.9 Å². The van der Waals surface area contributed by atoms with Gasteiger partial charge >= 0.3 is 0 Å². The highest BCUT2D eigenvalue weighted by atomic mass is 32.2. The van der Waals surface area contributed by atoms with Crippen LogP contribution in [0.25, 0.3) is 0 Å². The van der Waals surface area contributed by atoms with Gasteiger partial charge in [-0.05, 0) is 45.0 Å². The van der Waals surface area contributed by atoms with Gasteiger partial charge < -0.3 is 4.74 Å². The lowest BCUT2D eigenvalue weighted by atomic mass is 10.2. The van der Waals surface area contributed by atoms with E-state index >= 15 is 0 Å². The van der Waals surface area contributed by atoms with E-state index in [1.54, 1.807) is 18.9 Å². The summed E-state index contributed by atoms with van der Waals surface area (Å²) in [6.45, 7) is 5.69. The molecule has 0 bridgehead atoms. The quantitative estimate of drug-likeness (QED) is 0.304. The van der Waals surface area contributed by atoms with Gasteiger partial charge in [-0.1, -0.05) is 48.2 Å². The Bertz CT molecular complexity index is 831. The van der Waals surface area contributed by atoms with Gasteiger partial charge in [0.15, 0.2) is 0 Å². The van der Waals surface area contributed by atoms with E-state index in [1.165, 1.54) is 0 Å². The predicted molar refractivity (Wildman–Crippen MR) is 116 cm³/mol. The summed E-state index contributed by atoms with van der Waals surface area (Å²) in [5.74, 6) is 6.85. The zero-order valence-electron chi connectivity index (χ0n) is 16.1. The summed E-state index contributed by atoms with van der Waals surface area (Å²) < 4.78 is 21.9. The highest BCUT2D eigenvalue weighted by Gasteiger charge is 2.24. The van der Waals surface area contributed by atoms with Gasteiger partial charge in [0.2, 0.25) is 5.90 Å². The molecule has 2 atom stereocenters. The third-order valence-corrected chi connectivity index (χ3v) is 6.09. The van der Waals surface area contributed by atoms with Gasteiger partial charge in [-0.2, -0.15) is 4.40 Å². The van der Waals surface area contributed by atoms with Crippen LogP contribution in [0.2, 0.25) is 0 Å². The summed E-state index contributed by atoms with van der Waals surface area (Å²) in [5, 5.41) is -0.139. The smallest absolute Gasteiger partial charge is 0.211 e. The molecule has 0 amide bonds. The van der Waals surface area contributed by atoms with Crippen molar-refractivity contribution in [2.45, 2.75) is 42.1 Å². The molecule has 0 heterocycles. The van der Waals surface area contributed by atoms with Crippen molar-refractivity contribution in [2.24, 2.45) is 4.40 Å². The van der Waals surface area contributed by atoms with E-state index in [4.69, 9.17) is 4.74 Å². The molecule has 0 aromatic heterocycles. The molecule has 2 aromatic rings. The van der Waals surface area contributed by atoms with Crippen LogP contribution in [0.15, 0.2) is 70.0 Å². The fourth-order valence-electron chi connectivity index (χ4n) is 2.06. The van der Waals surface area contributed by atoms with Gasteiger partial charge in [0.1, 0.15) is 11.0 Å². The fraction of sp³-hybridized carbons (Fsp3) is 0.318. The van der Waals surface area contributed by atoms with Crippen molar-refractivity contribution >= 4 is 28.6 Å². The monoisotopic (exact) mass is 399 g/mol. The van der Waals surface area contributed by atoms with Crippen LogP contribution in [0.3, 0.4) is 0 Å². The Labute approximate surface area is 169 Å². The van der Waals surface area contributed by atoms with Crippen molar-refractivity contribution in [1.82, 2.24) is 0 Å². The molecule has 142 valence electrons. The molecule has 3 nitrogen and oxygen atoms in total. The van der Waals surface area contributed by atoms with Crippen LogP contribution in [0, 0.1) is 11.8 Å². The van der Waals surface area contributed by atoms with Gasteiger partial charge in [0.05, 0.1) is 17.1 Å². The second-order valence-electron chi connectivity index (χ2n) is 6.79. The van der Waals surface area contributed by atoms with Crippen molar-refractivity contribution in [3.05, 3.63) is 66.2 Å². The Balaban J connectivity index is 2.26. The Morgan fingerprint density at radius 2 is 1.70 bits per heavy atom. The molecular formula is C22H25NO2S2. The molecule has 0 radical (unpaired) electrons. The number of ether oxygens (including phenoxy) is 1. The van der Waals surface area contributed by atoms with E-state index in [9.17, 15) is 4.21 Å². The Hall–Kier alpha value is -2.03. The third kappa shape index (κ3) is 7.24. The van der Waals surface area contributed by atoms with Crippen molar-refractivity contribution in [3.8, 4) is 11.8 Å². The van der Waals surface area contributed by atoms with Crippen LogP contribution < -0.4 is 0 Å². The average Bonchev–Trinajstić information content (AvgIpc) is 2.66. The Morgan fingerprint density at radius 3 is 2.26 bits per heavy atom. The minimum absolute atomic E-state index is 0.139. The molecule has 27 heavy (non-hydrogen) atoms. The SMILES string of the molecule is CO/C(=N/[S@](=O)C(C)(C)C)[C@@H](CC#Cc1ccccc1)Sc1ccccc1. The van der Waals surface area contributed by atoms with Crippen molar-refractivity contribution < 1.29 is 8.95 Å². The van der Waals surface area contributed by atoms with E-state index in [0.717, 1.165) is 10.5 Å². The first kappa shape index (κ1) is 21.3. The molecule has 0 saturated carbocycles. The maximum Gasteiger partial charge on any atom is 0.211 e. The van der Waals surface area contributed by atoms with E-state index < -0.39 is 15.7 Å². The summed E-state index contributed by atoms with van der Waals surface area (Å²) in [5.41, 5.74) is 0.968. The van der Waals surface area contributed by atoms with Gasteiger partial charge in [0.25, 0.3) is 0 Å². The summed E-state index contributed by atoms with van der Waals surface area (Å²) >= 11 is 1.62. The normalized spacial score (nSPS) is 14.0. The van der Waals surface area contributed by atoms with Crippen LogP contribution in [0.4, 0.5) is 0 Å². The number of hydrogen-bond donors (Lipinski definition) is 0. The largest absolute Gasteiger partial charge is 0.483 e. The number of methoxy groups -OCH3 is 1. The number of rotatable bonds is 5. The Kier molecular flexibility index (Phi) is 8.15. The fourth-order valence-corrected chi connectivity index (χ4v) is 3.82. The molecule has 2 rings (SSSR count). The Morgan fingerprint density at radius 1 is 1.11 bits per heavy atom. The van der Waals surface area contributed by atoms with Crippen molar-refractivity contribution in [3.63, 3.8) is 0 Å². The molecule has 2 aromatic carbocycles. The first-order chi connectivity index (χ1) is 12.9. The number of benzene rings is 2. The second-order valence-corrected chi connectivity index (χ2v) is 9.97. The summed E-state index contributed by atoms with van der Waals surface area (Å²) in [4.78, 5) is 1.09. The van der Waals surface area contributed by atoms with Crippen LogP contribution >= 0.6 is 11.8 Å². The second kappa shape index (κ2) is 10.3. The summed E-state index contributed by atoms with van der Waals surface area (Å²) in [6.07, 6.45) is 0.544. The van der Waals surface area contributed by atoms with E-state index in [1.807, 2.05) is 81.4 Å². The molecule has 0 aliphatic rings. The molecule has 0 unspecified atom stereocenters. The van der Waals surface area contributed by atoms with Crippen LogP contribution in [0.5, 0.6) is 0 Å². The van der Waals surface area contributed by atoms with Crippen LogP contribution in [-0.4, -0.2) is 27.2 Å². The molecular weight excluding hydrogens is 374 g/mol. The third-order valence-electron chi connectivity index (χ3n) is 3.50. The molecule has 0 fully saturated rings. The van der Waals surface area contributed by atoms with Crippen molar-refractivity contribution in [1.29, 1.82) is 0 Å². The minimum Gasteiger partial charge on any atom is -0.483 e. The highest BCUT2D eigenvalue weighted by molar-refractivity contribution is 8.00. The first-order valence-corrected chi connectivity index (χ1v) is 10.7. The standard InChI is InChI=1S/C22H25NO2S2/c1-22(2,3)27(24)23-21(25-4)20(26-19-15-9-6-10-16-19)17-11-14-18-12-7-5-8-13-18/h5-10,12-13,15-16,20H,17H2,1-4H3/b23-21+/t20-,27-/m1/s1. The lowest BCUT2D eigenvalue weighted by Gasteiger charge is -2.18. The first-order valence-electron chi connectivity index (χ1n) is 8.70. The number of nitrogens with zero attached hydrogens (tertiary/aromatic N) is 1. The van der Waals surface area contributed by atoms with E-state index in [-0.39, 0.29) is 5.25 Å². The minimum atomic E-state index is -1.39. The molecule has 0 spiro atoms.